The van der Waals surface area contributed by atoms with E-state index in [9.17, 15) is 0 Å². The van der Waals surface area contributed by atoms with Crippen molar-refractivity contribution >= 4 is 0 Å². The van der Waals surface area contributed by atoms with Crippen molar-refractivity contribution in [3.8, 4) is 5.75 Å². The third kappa shape index (κ3) is 2.79. The Kier molecular flexibility index (Phi) is 3.48. The molecule has 0 aliphatic carbocycles. The average molecular weight is 218 g/mol. The summed E-state index contributed by atoms with van der Waals surface area (Å²) in [5.74, 6) is 1.58. The van der Waals surface area contributed by atoms with Crippen molar-refractivity contribution in [1.29, 1.82) is 0 Å². The summed E-state index contributed by atoms with van der Waals surface area (Å²) >= 11 is 0. The van der Waals surface area contributed by atoms with E-state index in [1.807, 2.05) is 24.3 Å². The van der Waals surface area contributed by atoms with Crippen LogP contribution in [0.3, 0.4) is 0 Å². The molecule has 5 nitrogen and oxygen atoms in total. The minimum atomic E-state index is 0.666. The first kappa shape index (κ1) is 10.6. The van der Waals surface area contributed by atoms with Gasteiger partial charge in [-0.1, -0.05) is 24.3 Å². The Bertz CT molecular complexity index is 427. The van der Waals surface area contributed by atoms with Gasteiger partial charge in [0.15, 0.2) is 5.82 Å². The van der Waals surface area contributed by atoms with E-state index < -0.39 is 0 Å². The van der Waals surface area contributed by atoms with Crippen LogP contribution in [-0.4, -0.2) is 27.2 Å². The lowest BCUT2D eigenvalue weighted by Gasteiger charge is -2.05. The third-order valence-electron chi connectivity index (χ3n) is 2.12. The van der Waals surface area contributed by atoms with Gasteiger partial charge in [0.05, 0.1) is 6.61 Å². The number of nitrogens with one attached hydrogen (secondary N) is 1. The van der Waals surface area contributed by atoms with E-state index in [-0.39, 0.29) is 0 Å². The highest BCUT2D eigenvalue weighted by Crippen LogP contribution is 2.15. The average Bonchev–Trinajstić information content (AvgIpc) is 2.80. The van der Waals surface area contributed by atoms with Crippen molar-refractivity contribution in [2.75, 3.05) is 6.61 Å². The van der Waals surface area contributed by atoms with Crippen LogP contribution >= 0.6 is 0 Å². The Labute approximate surface area is 93.8 Å². The molecule has 2 rings (SSSR count). The van der Waals surface area contributed by atoms with Crippen LogP contribution in [-0.2, 0) is 6.42 Å². The minimum absolute atomic E-state index is 0.666. The molecule has 0 aliphatic rings. The number of hydrogen-bond acceptors (Lipinski definition) is 4. The summed E-state index contributed by atoms with van der Waals surface area (Å²) < 4.78 is 5.55. The zero-order valence-corrected chi connectivity index (χ0v) is 9.18. The topological polar surface area (TPSA) is 63.7 Å². The van der Waals surface area contributed by atoms with E-state index >= 15 is 0 Å². The third-order valence-corrected chi connectivity index (χ3v) is 2.12. The highest BCUT2D eigenvalue weighted by molar-refractivity contribution is 5.30. The fourth-order valence-electron chi connectivity index (χ4n) is 1.41. The molecule has 16 heavy (non-hydrogen) atoms. The van der Waals surface area contributed by atoms with Gasteiger partial charge in [0, 0.05) is 6.42 Å². The second-order valence-electron chi connectivity index (χ2n) is 3.50. The summed E-state index contributed by atoms with van der Waals surface area (Å²) in [5, 5.41) is 13.8. The van der Waals surface area contributed by atoms with Gasteiger partial charge in [0.2, 0.25) is 0 Å². The van der Waals surface area contributed by atoms with Gasteiger partial charge >= 0.3 is 0 Å². The highest BCUT2D eigenvalue weighted by atomic mass is 16.5. The summed E-state index contributed by atoms with van der Waals surface area (Å²) in [6, 6.07) is 7.96. The Morgan fingerprint density at radius 1 is 1.38 bits per heavy atom. The molecule has 0 aliphatic heterocycles. The Hall–Kier alpha value is -1.91. The first-order valence-corrected chi connectivity index (χ1v) is 5.32. The maximum absolute atomic E-state index is 5.55. The molecule has 0 amide bonds. The maximum Gasteiger partial charge on any atom is 0.178 e. The van der Waals surface area contributed by atoms with Gasteiger partial charge < -0.3 is 4.74 Å². The fraction of sp³-hybridized carbons (Fsp3) is 0.364. The van der Waals surface area contributed by atoms with Gasteiger partial charge in [-0.15, -0.1) is 10.2 Å². The van der Waals surface area contributed by atoms with Gasteiger partial charge in [-0.25, -0.2) is 0 Å². The largest absolute Gasteiger partial charge is 0.494 e. The molecular formula is C11H14N4O. The molecule has 0 saturated heterocycles. The summed E-state index contributed by atoms with van der Waals surface area (Å²) in [7, 11) is 0. The molecule has 0 saturated carbocycles. The fourth-order valence-corrected chi connectivity index (χ4v) is 1.41. The van der Waals surface area contributed by atoms with E-state index in [0.29, 0.717) is 12.2 Å². The van der Waals surface area contributed by atoms with Gasteiger partial charge in [-0.3, -0.25) is 0 Å². The molecule has 0 bridgehead atoms. The lowest BCUT2D eigenvalue weighted by molar-refractivity contribution is 0.317. The highest BCUT2D eigenvalue weighted by Gasteiger charge is 2.02. The number of benzene rings is 1. The van der Waals surface area contributed by atoms with Crippen LogP contribution in [0.1, 0.15) is 24.7 Å². The van der Waals surface area contributed by atoms with Gasteiger partial charge in [-0.05, 0) is 24.1 Å². The molecule has 0 fully saturated rings. The van der Waals surface area contributed by atoms with E-state index in [1.165, 1.54) is 0 Å². The lowest BCUT2D eigenvalue weighted by Crippen LogP contribution is -1.96. The van der Waals surface area contributed by atoms with Crippen LogP contribution in [0.25, 0.3) is 0 Å². The molecule has 0 radical (unpaired) electrons. The predicted molar refractivity (Wildman–Crippen MR) is 59.2 cm³/mol. The van der Waals surface area contributed by atoms with Crippen molar-refractivity contribution in [3.05, 3.63) is 35.7 Å². The van der Waals surface area contributed by atoms with Crippen molar-refractivity contribution in [2.24, 2.45) is 0 Å². The first-order valence-electron chi connectivity index (χ1n) is 5.32. The first-order chi connectivity index (χ1) is 7.88. The van der Waals surface area contributed by atoms with Crippen LogP contribution in [0.4, 0.5) is 0 Å². The minimum Gasteiger partial charge on any atom is -0.494 e. The number of ether oxygens (including phenoxy) is 1. The van der Waals surface area contributed by atoms with Crippen LogP contribution in [0.15, 0.2) is 24.3 Å². The zero-order chi connectivity index (χ0) is 11.2. The summed E-state index contributed by atoms with van der Waals surface area (Å²) in [6.07, 6.45) is 1.68. The van der Waals surface area contributed by atoms with Gasteiger partial charge in [0.1, 0.15) is 5.75 Å². The molecule has 1 aromatic carbocycles. The number of tetrazole rings is 1. The molecule has 2 aromatic rings. The summed E-state index contributed by atoms with van der Waals surface area (Å²) in [5.41, 5.74) is 1.12. The van der Waals surface area contributed by atoms with Crippen molar-refractivity contribution in [1.82, 2.24) is 20.6 Å². The van der Waals surface area contributed by atoms with Crippen LogP contribution < -0.4 is 4.74 Å². The number of rotatable bonds is 5. The van der Waals surface area contributed by atoms with Gasteiger partial charge in [-0.2, -0.15) is 5.21 Å². The van der Waals surface area contributed by atoms with Crippen LogP contribution in [0, 0.1) is 0 Å². The SMILES string of the molecule is CCCOc1cccc(Cc2nn[nH]n2)c1. The Morgan fingerprint density at radius 3 is 3.06 bits per heavy atom. The quantitative estimate of drug-likeness (QED) is 0.827. The second-order valence-corrected chi connectivity index (χ2v) is 3.50. The molecular weight excluding hydrogens is 204 g/mol. The molecule has 1 heterocycles. The standard InChI is InChI=1S/C11H14N4O/c1-2-6-16-10-5-3-4-9(7-10)8-11-12-14-15-13-11/h3-5,7H,2,6,8H2,1H3,(H,12,13,14,15). The predicted octanol–water partition coefficient (Wildman–Crippen LogP) is 1.58. The van der Waals surface area contributed by atoms with Crippen LogP contribution in [0.5, 0.6) is 5.75 Å². The number of H-pyrrole nitrogens is 1. The van der Waals surface area contributed by atoms with E-state index in [2.05, 4.69) is 27.5 Å². The van der Waals surface area contributed by atoms with Crippen molar-refractivity contribution < 1.29 is 4.74 Å². The Balaban J connectivity index is 2.04. The lowest BCUT2D eigenvalue weighted by atomic mass is 10.1. The second kappa shape index (κ2) is 5.25. The molecule has 1 N–H and O–H groups in total. The smallest absolute Gasteiger partial charge is 0.178 e. The molecule has 84 valence electrons. The summed E-state index contributed by atoms with van der Waals surface area (Å²) in [4.78, 5) is 0. The Morgan fingerprint density at radius 2 is 2.31 bits per heavy atom. The molecule has 1 aromatic heterocycles. The number of aromatic amines is 1. The number of aromatic nitrogens is 4. The van der Waals surface area contributed by atoms with E-state index in [1.54, 1.807) is 0 Å². The molecule has 5 heteroatoms. The molecule has 0 spiro atoms. The molecule has 0 atom stereocenters. The normalized spacial score (nSPS) is 10.3. The van der Waals surface area contributed by atoms with Gasteiger partial charge in [0.25, 0.3) is 0 Å². The zero-order valence-electron chi connectivity index (χ0n) is 9.18. The van der Waals surface area contributed by atoms with Crippen molar-refractivity contribution in [2.45, 2.75) is 19.8 Å². The number of hydrogen-bond donors (Lipinski definition) is 1. The van der Waals surface area contributed by atoms with E-state index in [4.69, 9.17) is 4.74 Å². The monoisotopic (exact) mass is 218 g/mol. The molecule has 0 unspecified atom stereocenters. The summed E-state index contributed by atoms with van der Waals surface area (Å²) in [6.45, 7) is 2.83. The van der Waals surface area contributed by atoms with E-state index in [0.717, 1.165) is 24.3 Å². The van der Waals surface area contributed by atoms with Crippen LogP contribution in [0.2, 0.25) is 0 Å². The number of nitrogens with zero attached hydrogens (tertiary/aromatic N) is 3. The maximum atomic E-state index is 5.55. The van der Waals surface area contributed by atoms with Crippen molar-refractivity contribution in [3.63, 3.8) is 0 Å².